The summed E-state index contributed by atoms with van der Waals surface area (Å²) < 4.78 is 21.8. The molecule has 0 atom stereocenters. The minimum absolute atomic E-state index is 0.00887. The van der Waals surface area contributed by atoms with Crippen molar-refractivity contribution in [1.82, 2.24) is 9.55 Å². The van der Waals surface area contributed by atoms with Crippen LogP contribution >= 0.6 is 0 Å². The Kier molecular flexibility index (Phi) is 5.69. The molecule has 0 radical (unpaired) electrons. The maximum absolute atomic E-state index is 13.4. The Balaban J connectivity index is 1.56. The fraction of sp³-hybridized carbons (Fsp3) is 0.0645. The van der Waals surface area contributed by atoms with Gasteiger partial charge in [-0.1, -0.05) is 72.8 Å². The van der Waals surface area contributed by atoms with E-state index in [4.69, 9.17) is 4.74 Å². The zero-order valence-electron chi connectivity index (χ0n) is 19.8. The number of rotatable bonds is 6. The molecule has 6 rings (SSSR count). The van der Waals surface area contributed by atoms with Crippen molar-refractivity contribution < 1.29 is 19.3 Å². The molecule has 37 heavy (non-hydrogen) atoms. The van der Waals surface area contributed by atoms with Gasteiger partial charge in [0.1, 0.15) is 23.2 Å². The third-order valence-electron chi connectivity index (χ3n) is 6.52. The summed E-state index contributed by atoms with van der Waals surface area (Å²) in [4.78, 5) is 4.53. The number of ether oxygens (including phenoxy) is 1. The Hall–Kier alpha value is -4.84. The summed E-state index contributed by atoms with van der Waals surface area (Å²) in [6, 6.07) is 29.3. The van der Waals surface area contributed by atoms with E-state index < -0.39 is 6.10 Å². The van der Waals surface area contributed by atoms with Gasteiger partial charge in [-0.25, -0.2) is 4.39 Å². The number of pyridine rings is 1. The van der Waals surface area contributed by atoms with Crippen LogP contribution in [0.15, 0.2) is 109 Å². The normalized spacial score (nSPS) is 11.4. The SMILES string of the molecule is Oc1c2cccnc2c(OC(c2ccccc2)c2ccccc2)c2c(O)n(Cc3ccc(F)cc3)cc12. The summed E-state index contributed by atoms with van der Waals surface area (Å²) in [6.07, 6.45) is 2.83. The van der Waals surface area contributed by atoms with Gasteiger partial charge in [-0.15, -0.1) is 0 Å². The minimum atomic E-state index is -0.486. The maximum atomic E-state index is 13.4. The fourth-order valence-corrected chi connectivity index (χ4v) is 4.71. The molecule has 0 saturated heterocycles. The molecule has 2 N–H and O–H groups in total. The highest BCUT2D eigenvalue weighted by Gasteiger charge is 2.26. The summed E-state index contributed by atoms with van der Waals surface area (Å²) in [5.74, 6) is -0.0211. The molecule has 6 heteroatoms. The number of aromatic hydroxyl groups is 2. The third-order valence-corrected chi connectivity index (χ3v) is 6.52. The van der Waals surface area contributed by atoms with Crippen molar-refractivity contribution in [3.63, 3.8) is 0 Å². The topological polar surface area (TPSA) is 67.5 Å². The monoisotopic (exact) mass is 490 g/mol. The zero-order chi connectivity index (χ0) is 25.4. The van der Waals surface area contributed by atoms with E-state index in [2.05, 4.69) is 4.98 Å². The van der Waals surface area contributed by atoms with Crippen LogP contribution in [0.4, 0.5) is 4.39 Å². The Morgan fingerprint density at radius 3 is 2.08 bits per heavy atom. The fourth-order valence-electron chi connectivity index (χ4n) is 4.71. The van der Waals surface area contributed by atoms with Crippen molar-refractivity contribution in [1.29, 1.82) is 0 Å². The smallest absolute Gasteiger partial charge is 0.203 e. The second-order valence-corrected chi connectivity index (χ2v) is 8.89. The van der Waals surface area contributed by atoms with Crippen LogP contribution in [0.25, 0.3) is 21.7 Å². The standard InChI is InChI=1S/C31H23FN2O3/c32-23-15-13-20(14-16-23)18-34-19-25-26(31(34)36)30(27-24(28(25)35)12-7-17-33-27)37-29(21-8-3-1-4-9-21)22-10-5-2-6-11-22/h1-17,19,29,35-36H,18H2. The molecule has 0 amide bonds. The van der Waals surface area contributed by atoms with Crippen molar-refractivity contribution >= 4 is 21.7 Å². The molecule has 182 valence electrons. The highest BCUT2D eigenvalue weighted by molar-refractivity contribution is 6.11. The molecule has 2 aromatic heterocycles. The average molecular weight is 491 g/mol. The predicted octanol–water partition coefficient (Wildman–Crippen LogP) is 6.96. The predicted molar refractivity (Wildman–Crippen MR) is 141 cm³/mol. The molecular formula is C31H23FN2O3. The van der Waals surface area contributed by atoms with Crippen molar-refractivity contribution in [2.24, 2.45) is 0 Å². The Labute approximate surface area is 212 Å². The molecule has 4 aromatic carbocycles. The number of hydrogen-bond donors (Lipinski definition) is 2. The maximum Gasteiger partial charge on any atom is 0.203 e. The van der Waals surface area contributed by atoms with E-state index in [9.17, 15) is 14.6 Å². The van der Waals surface area contributed by atoms with Gasteiger partial charge in [-0.2, -0.15) is 0 Å². The molecule has 0 bridgehead atoms. The first-order chi connectivity index (χ1) is 18.1. The van der Waals surface area contributed by atoms with E-state index >= 15 is 0 Å². The summed E-state index contributed by atoms with van der Waals surface area (Å²) in [5.41, 5.74) is 3.11. The highest BCUT2D eigenvalue weighted by atomic mass is 19.1. The Bertz CT molecular complexity index is 1660. The summed E-state index contributed by atoms with van der Waals surface area (Å²) in [6.45, 7) is 0.282. The Morgan fingerprint density at radius 1 is 0.784 bits per heavy atom. The van der Waals surface area contributed by atoms with Crippen molar-refractivity contribution in [2.45, 2.75) is 12.6 Å². The number of phenolic OH excluding ortho intramolecular Hbond substituents is 1. The van der Waals surface area contributed by atoms with Gasteiger partial charge in [0.25, 0.3) is 0 Å². The number of benzene rings is 4. The van der Waals surface area contributed by atoms with Crippen LogP contribution in [0, 0.1) is 5.82 Å². The van der Waals surface area contributed by atoms with E-state index in [0.29, 0.717) is 27.4 Å². The second kappa shape index (κ2) is 9.32. The lowest BCUT2D eigenvalue weighted by Crippen LogP contribution is -2.10. The summed E-state index contributed by atoms with van der Waals surface area (Å²) in [5, 5.41) is 23.9. The highest BCUT2D eigenvalue weighted by Crippen LogP contribution is 2.47. The molecular weight excluding hydrogens is 467 g/mol. The van der Waals surface area contributed by atoms with Gasteiger partial charge < -0.3 is 19.5 Å². The van der Waals surface area contributed by atoms with E-state index in [1.54, 1.807) is 41.2 Å². The lowest BCUT2D eigenvalue weighted by molar-refractivity contribution is 0.252. The average Bonchev–Trinajstić information content (AvgIpc) is 3.27. The molecule has 6 aromatic rings. The molecule has 0 aliphatic heterocycles. The van der Waals surface area contributed by atoms with Crippen molar-refractivity contribution in [3.8, 4) is 17.4 Å². The van der Waals surface area contributed by atoms with Gasteiger partial charge in [0.2, 0.25) is 5.88 Å². The third kappa shape index (κ3) is 4.12. The first-order valence-corrected chi connectivity index (χ1v) is 11.9. The molecule has 0 unspecified atom stereocenters. The number of phenols is 1. The Morgan fingerprint density at radius 2 is 1.43 bits per heavy atom. The van der Waals surface area contributed by atoms with Crippen molar-refractivity contribution in [3.05, 3.63) is 132 Å². The van der Waals surface area contributed by atoms with Crippen LogP contribution in [-0.4, -0.2) is 19.8 Å². The largest absolute Gasteiger partial charge is 0.507 e. The number of nitrogens with zero attached hydrogens (tertiary/aromatic N) is 2. The molecule has 0 spiro atoms. The number of hydrogen-bond acceptors (Lipinski definition) is 4. The van der Waals surface area contributed by atoms with Gasteiger partial charge in [0, 0.05) is 23.2 Å². The number of fused-ring (bicyclic) bond motifs is 2. The van der Waals surface area contributed by atoms with E-state index in [1.807, 2.05) is 60.7 Å². The van der Waals surface area contributed by atoms with Gasteiger partial charge in [-0.3, -0.25) is 4.98 Å². The number of aromatic nitrogens is 2. The second-order valence-electron chi connectivity index (χ2n) is 8.89. The van der Waals surface area contributed by atoms with E-state index in [-0.39, 0.29) is 24.0 Å². The lowest BCUT2D eigenvalue weighted by atomic mass is 10.0. The minimum Gasteiger partial charge on any atom is -0.507 e. The molecule has 0 aliphatic rings. The van der Waals surface area contributed by atoms with E-state index in [0.717, 1.165) is 16.7 Å². The first-order valence-electron chi connectivity index (χ1n) is 11.9. The van der Waals surface area contributed by atoms with Gasteiger partial charge >= 0.3 is 0 Å². The zero-order valence-corrected chi connectivity index (χ0v) is 19.8. The van der Waals surface area contributed by atoms with Crippen LogP contribution in [-0.2, 0) is 6.54 Å². The summed E-state index contributed by atoms with van der Waals surface area (Å²) >= 11 is 0. The molecule has 0 fully saturated rings. The van der Waals surface area contributed by atoms with Crippen LogP contribution in [0.3, 0.4) is 0 Å². The van der Waals surface area contributed by atoms with Crippen LogP contribution in [0.2, 0.25) is 0 Å². The number of halogens is 1. The molecule has 0 aliphatic carbocycles. The van der Waals surface area contributed by atoms with Gasteiger partial charge in [-0.05, 0) is 41.0 Å². The summed E-state index contributed by atoms with van der Waals surface area (Å²) in [7, 11) is 0. The first kappa shape index (κ1) is 22.6. The van der Waals surface area contributed by atoms with Crippen LogP contribution < -0.4 is 4.74 Å². The quantitative estimate of drug-likeness (QED) is 0.265. The molecule has 5 nitrogen and oxygen atoms in total. The van der Waals surface area contributed by atoms with Gasteiger partial charge in [0.05, 0.1) is 11.9 Å². The van der Waals surface area contributed by atoms with E-state index in [1.165, 1.54) is 12.1 Å². The van der Waals surface area contributed by atoms with Gasteiger partial charge in [0.15, 0.2) is 5.75 Å². The van der Waals surface area contributed by atoms with Crippen LogP contribution in [0.5, 0.6) is 17.4 Å². The molecule has 0 saturated carbocycles. The molecule has 2 heterocycles. The van der Waals surface area contributed by atoms with Crippen LogP contribution in [0.1, 0.15) is 22.8 Å². The van der Waals surface area contributed by atoms with Crippen molar-refractivity contribution in [2.75, 3.05) is 0 Å². The lowest BCUT2D eigenvalue weighted by Gasteiger charge is -2.22.